The molecule has 0 radical (unpaired) electrons. The minimum Gasteiger partial charge on any atom is -0.497 e. The molecule has 1 amide bonds. The van der Waals surface area contributed by atoms with Crippen LogP contribution < -0.4 is 9.54 Å². The second-order valence-corrected chi connectivity index (χ2v) is 11.2. The van der Waals surface area contributed by atoms with E-state index in [1.54, 1.807) is 23.5 Å². The van der Waals surface area contributed by atoms with Gasteiger partial charge in [0.15, 0.2) is 4.80 Å². The van der Waals surface area contributed by atoms with Gasteiger partial charge in [-0.2, -0.15) is 9.30 Å². The second-order valence-electron chi connectivity index (χ2n) is 8.27. The maximum Gasteiger partial charge on any atom is 0.279 e. The van der Waals surface area contributed by atoms with Crippen molar-refractivity contribution in [2.45, 2.75) is 57.0 Å². The van der Waals surface area contributed by atoms with E-state index in [1.165, 1.54) is 23.5 Å². The molecule has 2 heterocycles. The summed E-state index contributed by atoms with van der Waals surface area (Å²) in [7, 11) is -1.95. The molecule has 9 heteroatoms. The zero-order valence-electron chi connectivity index (χ0n) is 19.2. The lowest BCUT2D eigenvalue weighted by Gasteiger charge is -2.32. The molecule has 1 unspecified atom stereocenters. The second kappa shape index (κ2) is 9.79. The number of hydrogen-bond donors (Lipinski definition) is 0. The van der Waals surface area contributed by atoms with E-state index in [0.717, 1.165) is 48.2 Å². The average molecular weight is 488 g/mol. The molecule has 1 saturated heterocycles. The highest BCUT2D eigenvalue weighted by molar-refractivity contribution is 7.89. The van der Waals surface area contributed by atoms with Crippen LogP contribution >= 0.6 is 11.3 Å². The van der Waals surface area contributed by atoms with Crippen LogP contribution in [0.15, 0.2) is 52.4 Å². The topological polar surface area (TPSA) is 81.0 Å². The van der Waals surface area contributed by atoms with Crippen LogP contribution in [-0.2, 0) is 16.6 Å². The average Bonchev–Trinajstić information content (AvgIpc) is 3.15. The summed E-state index contributed by atoms with van der Waals surface area (Å²) < 4.78 is 36.0. The van der Waals surface area contributed by atoms with Crippen molar-refractivity contribution in [2.24, 2.45) is 4.99 Å². The highest BCUT2D eigenvalue weighted by Gasteiger charge is 2.30. The number of ether oxygens (including phenoxy) is 1. The van der Waals surface area contributed by atoms with Crippen LogP contribution in [0.1, 0.15) is 49.9 Å². The van der Waals surface area contributed by atoms with Gasteiger partial charge < -0.3 is 9.30 Å². The van der Waals surface area contributed by atoms with Crippen LogP contribution in [-0.4, -0.2) is 42.9 Å². The molecule has 1 aliphatic heterocycles. The van der Waals surface area contributed by atoms with Crippen LogP contribution in [0.25, 0.3) is 10.2 Å². The number of hydrogen-bond acceptors (Lipinski definition) is 5. The summed E-state index contributed by atoms with van der Waals surface area (Å²) in [6, 6.07) is 11.9. The van der Waals surface area contributed by atoms with Crippen molar-refractivity contribution in [3.63, 3.8) is 0 Å². The molecule has 0 saturated carbocycles. The molecular formula is C24H29N3O4S2. The number of carbonyl (C=O) groups is 1. The summed E-state index contributed by atoms with van der Waals surface area (Å²) in [5, 5.41) is 0. The number of fused-ring (bicyclic) bond motifs is 1. The maximum atomic E-state index is 13.0. The Morgan fingerprint density at radius 3 is 2.61 bits per heavy atom. The fraction of sp³-hybridized carbons (Fsp3) is 0.417. The first-order valence-corrected chi connectivity index (χ1v) is 13.5. The molecular weight excluding hydrogens is 458 g/mol. The number of rotatable bonds is 6. The molecule has 3 aromatic rings. The number of nitrogens with zero attached hydrogens (tertiary/aromatic N) is 3. The van der Waals surface area contributed by atoms with Crippen molar-refractivity contribution in [3.05, 3.63) is 52.8 Å². The molecule has 2 aromatic carbocycles. The van der Waals surface area contributed by atoms with Crippen LogP contribution in [0.3, 0.4) is 0 Å². The predicted octanol–water partition coefficient (Wildman–Crippen LogP) is 4.43. The van der Waals surface area contributed by atoms with E-state index in [1.807, 2.05) is 29.7 Å². The molecule has 0 spiro atoms. The van der Waals surface area contributed by atoms with E-state index >= 15 is 0 Å². The number of amides is 1. The third-order valence-corrected chi connectivity index (χ3v) is 9.07. The largest absolute Gasteiger partial charge is 0.497 e. The van der Waals surface area contributed by atoms with Gasteiger partial charge in [-0.05, 0) is 62.6 Å². The Labute approximate surface area is 198 Å². The number of sulfonamides is 1. The minimum absolute atomic E-state index is 0.0133. The lowest BCUT2D eigenvalue weighted by Crippen LogP contribution is -2.41. The first-order chi connectivity index (χ1) is 15.8. The summed E-state index contributed by atoms with van der Waals surface area (Å²) in [4.78, 5) is 18.1. The monoisotopic (exact) mass is 487 g/mol. The van der Waals surface area contributed by atoms with Crippen molar-refractivity contribution in [3.8, 4) is 5.75 Å². The summed E-state index contributed by atoms with van der Waals surface area (Å²) in [6.45, 7) is 5.28. The number of piperidine rings is 1. The Balaban J connectivity index is 1.65. The number of aromatic nitrogens is 1. The molecule has 0 aliphatic carbocycles. The minimum atomic E-state index is -3.57. The summed E-state index contributed by atoms with van der Waals surface area (Å²) in [5.74, 6) is 0.358. The summed E-state index contributed by atoms with van der Waals surface area (Å²) in [5.41, 5.74) is 1.34. The van der Waals surface area contributed by atoms with Gasteiger partial charge in [-0.1, -0.05) is 24.7 Å². The van der Waals surface area contributed by atoms with Gasteiger partial charge >= 0.3 is 0 Å². The molecule has 1 aromatic heterocycles. The van der Waals surface area contributed by atoms with Crippen molar-refractivity contribution in [1.82, 2.24) is 8.87 Å². The predicted molar refractivity (Wildman–Crippen MR) is 130 cm³/mol. The quantitative estimate of drug-likeness (QED) is 0.515. The normalized spacial score (nSPS) is 18.0. The van der Waals surface area contributed by atoms with E-state index in [0.29, 0.717) is 16.9 Å². The third-order valence-electron chi connectivity index (χ3n) is 5.98. The fourth-order valence-electron chi connectivity index (χ4n) is 4.19. The van der Waals surface area contributed by atoms with Gasteiger partial charge in [0.1, 0.15) is 5.75 Å². The first-order valence-electron chi connectivity index (χ1n) is 11.2. The lowest BCUT2D eigenvalue weighted by atomic mass is 10.1. The van der Waals surface area contributed by atoms with E-state index < -0.39 is 15.9 Å². The Morgan fingerprint density at radius 1 is 1.18 bits per heavy atom. The lowest BCUT2D eigenvalue weighted by molar-refractivity contribution is 0.0997. The van der Waals surface area contributed by atoms with E-state index in [4.69, 9.17) is 4.74 Å². The van der Waals surface area contributed by atoms with Crippen molar-refractivity contribution < 1.29 is 17.9 Å². The Morgan fingerprint density at radius 2 is 1.94 bits per heavy atom. The molecule has 1 fully saturated rings. The van der Waals surface area contributed by atoms with E-state index in [2.05, 4.69) is 11.9 Å². The zero-order chi connectivity index (χ0) is 23.6. The highest BCUT2D eigenvalue weighted by Crippen LogP contribution is 2.26. The fourth-order valence-corrected chi connectivity index (χ4v) is 6.92. The Bertz CT molecular complexity index is 1320. The van der Waals surface area contributed by atoms with Crippen molar-refractivity contribution in [2.75, 3.05) is 13.7 Å². The standard InChI is InChI=1S/C24H29N3O4S2/c1-4-14-26-21-16-19(31-3)10-13-22(21)32-24(26)25-23(28)18-8-11-20(12-9-18)33(29,30)27-15-6-5-7-17(27)2/h8-13,16-17H,4-7,14-15H2,1-3H3. The summed E-state index contributed by atoms with van der Waals surface area (Å²) >= 11 is 1.45. The first kappa shape index (κ1) is 23.7. The van der Waals surface area contributed by atoms with E-state index in [9.17, 15) is 13.2 Å². The van der Waals surface area contributed by atoms with Gasteiger partial charge in [0.05, 0.1) is 22.2 Å². The van der Waals surface area contributed by atoms with Crippen LogP contribution in [0.4, 0.5) is 0 Å². The van der Waals surface area contributed by atoms with Gasteiger partial charge in [0.25, 0.3) is 5.91 Å². The molecule has 4 rings (SSSR count). The number of carbonyl (C=O) groups excluding carboxylic acids is 1. The van der Waals surface area contributed by atoms with Gasteiger partial charge in [0, 0.05) is 30.8 Å². The molecule has 0 bridgehead atoms. The number of benzene rings is 2. The Kier molecular flexibility index (Phi) is 7.02. The van der Waals surface area contributed by atoms with Crippen LogP contribution in [0.2, 0.25) is 0 Å². The van der Waals surface area contributed by atoms with Gasteiger partial charge in [-0.3, -0.25) is 4.79 Å². The molecule has 1 aliphatic rings. The van der Waals surface area contributed by atoms with Crippen LogP contribution in [0, 0.1) is 0 Å². The van der Waals surface area contributed by atoms with Crippen molar-refractivity contribution >= 4 is 37.5 Å². The van der Waals surface area contributed by atoms with E-state index in [-0.39, 0.29) is 10.9 Å². The number of aryl methyl sites for hydroxylation is 1. The highest BCUT2D eigenvalue weighted by atomic mass is 32.2. The SMILES string of the molecule is CCCn1c(=NC(=O)c2ccc(S(=O)(=O)N3CCCCC3C)cc2)sc2ccc(OC)cc21. The molecule has 0 N–H and O–H groups in total. The van der Waals surface area contributed by atoms with Crippen molar-refractivity contribution in [1.29, 1.82) is 0 Å². The molecule has 7 nitrogen and oxygen atoms in total. The van der Waals surface area contributed by atoms with Crippen LogP contribution in [0.5, 0.6) is 5.75 Å². The molecule has 176 valence electrons. The smallest absolute Gasteiger partial charge is 0.279 e. The molecule has 1 atom stereocenters. The molecule has 33 heavy (non-hydrogen) atoms. The van der Waals surface area contributed by atoms with Gasteiger partial charge in [-0.25, -0.2) is 8.42 Å². The van der Waals surface area contributed by atoms with Gasteiger partial charge in [0.2, 0.25) is 10.0 Å². The van der Waals surface area contributed by atoms with Gasteiger partial charge in [-0.15, -0.1) is 0 Å². The third kappa shape index (κ3) is 4.76. The maximum absolute atomic E-state index is 13.0. The number of methoxy groups -OCH3 is 1. The summed E-state index contributed by atoms with van der Waals surface area (Å²) in [6.07, 6.45) is 3.68. The Hall–Kier alpha value is -2.49. The zero-order valence-corrected chi connectivity index (χ0v) is 20.8. The number of thiazole rings is 1.